The van der Waals surface area contributed by atoms with Crippen molar-refractivity contribution in [3.05, 3.63) is 78.9 Å². The second kappa shape index (κ2) is 8.38. The normalized spacial score (nSPS) is 11.6. The Bertz CT molecular complexity index is 1190. The number of nitrogens with zero attached hydrogens (tertiary/aromatic N) is 4. The van der Waals surface area contributed by atoms with Gasteiger partial charge in [-0.15, -0.1) is 0 Å². The summed E-state index contributed by atoms with van der Waals surface area (Å²) in [5, 5.41) is 4.04. The maximum Gasteiger partial charge on any atom is 0.252 e. The van der Waals surface area contributed by atoms with Gasteiger partial charge in [-0.2, -0.15) is 10.1 Å². The molecule has 0 aliphatic rings. The second-order valence-corrected chi connectivity index (χ2v) is 8.12. The van der Waals surface area contributed by atoms with Crippen molar-refractivity contribution < 1.29 is 13.2 Å². The molecule has 148 valence electrons. The van der Waals surface area contributed by atoms with Crippen LogP contribution in [0.4, 0.5) is 0 Å². The van der Waals surface area contributed by atoms with E-state index >= 15 is 0 Å². The molecule has 0 unspecified atom stereocenters. The highest BCUT2D eigenvalue weighted by Crippen LogP contribution is 2.22. The molecule has 0 aliphatic carbocycles. The van der Waals surface area contributed by atoms with Crippen molar-refractivity contribution in [3.8, 4) is 11.5 Å². The molecule has 2 heterocycles. The first-order valence-electron chi connectivity index (χ1n) is 9.07. The molecule has 2 aromatic carbocycles. The smallest absolute Gasteiger partial charge is 0.252 e. The van der Waals surface area contributed by atoms with Gasteiger partial charge in [-0.3, -0.25) is 0 Å². The molecule has 0 spiro atoms. The molecule has 0 saturated heterocycles. The largest absolute Gasteiger partial charge is 0.457 e. The number of hydrogen-bond acceptors (Lipinski definition) is 6. The van der Waals surface area contributed by atoms with Gasteiger partial charge in [0.2, 0.25) is 10.0 Å². The Labute approximate surface area is 168 Å². The van der Waals surface area contributed by atoms with Crippen LogP contribution >= 0.6 is 0 Å². The van der Waals surface area contributed by atoms with Crippen molar-refractivity contribution in [1.29, 1.82) is 0 Å². The summed E-state index contributed by atoms with van der Waals surface area (Å²) in [7, 11) is -3.58. The summed E-state index contributed by atoms with van der Waals surface area (Å²) in [4.78, 5) is 8.38. The van der Waals surface area contributed by atoms with Gasteiger partial charge in [0.25, 0.3) is 5.78 Å². The Morgan fingerprint density at radius 1 is 0.966 bits per heavy atom. The van der Waals surface area contributed by atoms with Crippen LogP contribution in [0.25, 0.3) is 5.78 Å². The van der Waals surface area contributed by atoms with Crippen LogP contribution in [0.1, 0.15) is 12.0 Å². The van der Waals surface area contributed by atoms with E-state index in [1.807, 2.05) is 36.5 Å². The molecule has 4 aromatic rings. The lowest BCUT2D eigenvalue weighted by Gasteiger charge is -2.09. The van der Waals surface area contributed by atoms with Crippen molar-refractivity contribution in [2.75, 3.05) is 6.54 Å². The van der Waals surface area contributed by atoms with Gasteiger partial charge >= 0.3 is 0 Å². The molecule has 8 nitrogen and oxygen atoms in total. The highest BCUT2D eigenvalue weighted by atomic mass is 32.2. The first kappa shape index (κ1) is 19.0. The molecule has 1 N–H and O–H groups in total. The summed E-state index contributed by atoms with van der Waals surface area (Å²) < 4.78 is 34.8. The van der Waals surface area contributed by atoms with Gasteiger partial charge < -0.3 is 4.74 Å². The van der Waals surface area contributed by atoms with Crippen molar-refractivity contribution in [2.45, 2.75) is 17.7 Å². The predicted molar refractivity (Wildman–Crippen MR) is 107 cm³/mol. The maximum atomic E-state index is 12.5. The van der Waals surface area contributed by atoms with E-state index in [2.05, 4.69) is 19.8 Å². The van der Waals surface area contributed by atoms with E-state index in [0.29, 0.717) is 36.7 Å². The zero-order valence-corrected chi connectivity index (χ0v) is 16.3. The molecular weight excluding hydrogens is 390 g/mol. The van der Waals surface area contributed by atoms with Crippen LogP contribution in [0, 0.1) is 0 Å². The molecular formula is C20H19N5O3S. The number of aryl methyl sites for hydroxylation is 1. The van der Waals surface area contributed by atoms with Gasteiger partial charge in [-0.05, 0) is 54.8 Å². The zero-order valence-electron chi connectivity index (χ0n) is 15.5. The number of aromatic nitrogens is 4. The van der Waals surface area contributed by atoms with Gasteiger partial charge in [0.1, 0.15) is 17.8 Å². The summed E-state index contributed by atoms with van der Waals surface area (Å²) >= 11 is 0. The molecule has 9 heteroatoms. The van der Waals surface area contributed by atoms with Crippen molar-refractivity contribution in [3.63, 3.8) is 0 Å². The van der Waals surface area contributed by atoms with E-state index in [1.54, 1.807) is 22.8 Å². The van der Waals surface area contributed by atoms with Crippen LogP contribution in [-0.2, 0) is 16.4 Å². The SMILES string of the molecule is O=S(=O)(NCCCc1cnc2ncnn2c1)c1ccc(Oc2ccccc2)cc1. The van der Waals surface area contributed by atoms with E-state index in [-0.39, 0.29) is 4.90 Å². The third kappa shape index (κ3) is 4.76. The number of sulfonamides is 1. The number of para-hydroxylation sites is 1. The number of ether oxygens (including phenoxy) is 1. The summed E-state index contributed by atoms with van der Waals surface area (Å²) in [6.45, 7) is 0.319. The molecule has 2 aromatic heterocycles. The minimum Gasteiger partial charge on any atom is -0.457 e. The van der Waals surface area contributed by atoms with Gasteiger partial charge in [0.15, 0.2) is 0 Å². The molecule has 4 rings (SSSR count). The first-order valence-corrected chi connectivity index (χ1v) is 10.6. The quantitative estimate of drug-likeness (QED) is 0.449. The fourth-order valence-corrected chi connectivity index (χ4v) is 3.86. The van der Waals surface area contributed by atoms with Crippen LogP contribution in [0.2, 0.25) is 0 Å². The van der Waals surface area contributed by atoms with E-state index in [9.17, 15) is 8.42 Å². The Morgan fingerprint density at radius 2 is 1.72 bits per heavy atom. The van der Waals surface area contributed by atoms with Gasteiger partial charge in [-0.25, -0.2) is 22.6 Å². The van der Waals surface area contributed by atoms with E-state index in [0.717, 1.165) is 5.56 Å². The molecule has 0 radical (unpaired) electrons. The lowest BCUT2D eigenvalue weighted by atomic mass is 10.2. The zero-order chi connectivity index (χ0) is 20.1. The number of fused-ring (bicyclic) bond motifs is 1. The lowest BCUT2D eigenvalue weighted by molar-refractivity contribution is 0.482. The molecule has 29 heavy (non-hydrogen) atoms. The minimum absolute atomic E-state index is 0.198. The van der Waals surface area contributed by atoms with Crippen LogP contribution in [0.5, 0.6) is 11.5 Å². The van der Waals surface area contributed by atoms with Gasteiger partial charge in [0.05, 0.1) is 4.90 Å². The van der Waals surface area contributed by atoms with Crippen molar-refractivity contribution in [2.24, 2.45) is 0 Å². The average molecular weight is 409 g/mol. The fraction of sp³-hybridized carbons (Fsp3) is 0.150. The van der Waals surface area contributed by atoms with Crippen molar-refractivity contribution in [1.82, 2.24) is 24.3 Å². The maximum absolute atomic E-state index is 12.5. The first-order chi connectivity index (χ1) is 14.1. The molecule has 0 aliphatic heterocycles. The molecule has 0 bridgehead atoms. The lowest BCUT2D eigenvalue weighted by Crippen LogP contribution is -2.25. The van der Waals surface area contributed by atoms with E-state index < -0.39 is 10.0 Å². The molecule has 0 saturated carbocycles. The van der Waals surface area contributed by atoms with Crippen LogP contribution < -0.4 is 9.46 Å². The Kier molecular flexibility index (Phi) is 5.50. The summed E-state index contributed by atoms with van der Waals surface area (Å²) in [6.07, 6.45) is 6.32. The monoisotopic (exact) mass is 409 g/mol. The Morgan fingerprint density at radius 3 is 2.52 bits per heavy atom. The minimum atomic E-state index is -3.58. The standard InChI is InChI=1S/C20H19N5O3S/c26-29(27,19-10-8-18(9-11-19)28-17-6-2-1-3-7-17)24-12-4-5-16-13-21-20-22-15-23-25(20)14-16/h1-3,6-11,13-15,24H,4-5,12H2. The molecule has 0 atom stereocenters. The molecule has 0 amide bonds. The highest BCUT2D eigenvalue weighted by Gasteiger charge is 2.13. The topological polar surface area (TPSA) is 98.5 Å². The van der Waals surface area contributed by atoms with Crippen LogP contribution in [0.15, 0.2) is 78.2 Å². The summed E-state index contributed by atoms with van der Waals surface area (Å²) in [5.74, 6) is 1.81. The third-order valence-electron chi connectivity index (χ3n) is 4.24. The van der Waals surface area contributed by atoms with Crippen LogP contribution in [0.3, 0.4) is 0 Å². The number of nitrogens with one attached hydrogen (secondary N) is 1. The number of rotatable bonds is 8. The predicted octanol–water partition coefficient (Wildman–Crippen LogP) is 2.83. The Balaban J connectivity index is 1.31. The fourth-order valence-electron chi connectivity index (χ4n) is 2.78. The molecule has 0 fully saturated rings. The van der Waals surface area contributed by atoms with Crippen LogP contribution in [-0.4, -0.2) is 34.5 Å². The summed E-state index contributed by atoms with van der Waals surface area (Å²) in [6, 6.07) is 15.7. The number of hydrogen-bond donors (Lipinski definition) is 1. The van der Waals surface area contributed by atoms with Gasteiger partial charge in [0, 0.05) is 18.9 Å². The third-order valence-corrected chi connectivity index (χ3v) is 5.71. The Hall–Kier alpha value is -3.30. The van der Waals surface area contributed by atoms with Crippen molar-refractivity contribution >= 4 is 15.8 Å². The number of benzene rings is 2. The average Bonchev–Trinajstić information content (AvgIpc) is 3.20. The second-order valence-electron chi connectivity index (χ2n) is 6.35. The van der Waals surface area contributed by atoms with E-state index in [4.69, 9.17) is 4.74 Å². The summed E-state index contributed by atoms with van der Waals surface area (Å²) in [5.41, 5.74) is 0.963. The van der Waals surface area contributed by atoms with Gasteiger partial charge in [-0.1, -0.05) is 18.2 Å². The van der Waals surface area contributed by atoms with E-state index in [1.165, 1.54) is 18.5 Å². The highest BCUT2D eigenvalue weighted by molar-refractivity contribution is 7.89.